The van der Waals surface area contributed by atoms with Crippen molar-refractivity contribution < 1.29 is 0 Å². The summed E-state index contributed by atoms with van der Waals surface area (Å²) in [6, 6.07) is 70.0. The second kappa shape index (κ2) is 14.8. The largest absolute Gasteiger partial charge is 0.265 e. The molecular formula is C52H36N2. The van der Waals surface area contributed by atoms with Gasteiger partial charge in [-0.2, -0.15) is 0 Å². The van der Waals surface area contributed by atoms with Gasteiger partial charge in [-0.25, -0.2) is 0 Å². The molecule has 0 saturated heterocycles. The molecule has 2 heterocycles. The maximum absolute atomic E-state index is 4.26. The predicted octanol–water partition coefficient (Wildman–Crippen LogP) is 13.8. The molecule has 0 radical (unpaired) electrons. The zero-order valence-corrected chi connectivity index (χ0v) is 29.7. The zero-order chi connectivity index (χ0) is 36.1. The first-order chi connectivity index (χ1) is 26.8. The van der Waals surface area contributed by atoms with E-state index in [4.69, 9.17) is 0 Å². The van der Waals surface area contributed by atoms with Crippen LogP contribution in [0.5, 0.6) is 0 Å². The van der Waals surface area contributed by atoms with Crippen molar-refractivity contribution in [3.63, 3.8) is 0 Å². The molecule has 9 aromatic rings. The minimum atomic E-state index is 1.14. The van der Waals surface area contributed by atoms with E-state index >= 15 is 0 Å². The highest BCUT2D eigenvalue weighted by molar-refractivity contribution is 6.15. The molecule has 2 nitrogen and oxygen atoms in total. The summed E-state index contributed by atoms with van der Waals surface area (Å²) in [7, 11) is 0. The lowest BCUT2D eigenvalue weighted by Gasteiger charge is -2.29. The first-order valence-electron chi connectivity index (χ1n) is 18.3. The number of pyridine rings is 2. The molecule has 0 fully saturated rings. The van der Waals surface area contributed by atoms with Crippen LogP contribution < -0.4 is 0 Å². The molecule has 2 heteroatoms. The number of aromatic nitrogens is 2. The fourth-order valence-corrected chi connectivity index (χ4v) is 7.65. The van der Waals surface area contributed by atoms with Crippen LogP contribution in [0.4, 0.5) is 0 Å². The molecule has 0 aliphatic carbocycles. The van der Waals surface area contributed by atoms with Gasteiger partial charge < -0.3 is 0 Å². The van der Waals surface area contributed by atoms with Gasteiger partial charge in [0.2, 0.25) is 0 Å². The molecule has 9 rings (SSSR count). The Morgan fingerprint density at radius 1 is 0.167 bits per heavy atom. The Balaban J connectivity index is 1.47. The summed E-state index contributed by atoms with van der Waals surface area (Å²) in [6.45, 7) is 0. The summed E-state index contributed by atoms with van der Waals surface area (Å²) in [5, 5.41) is 0. The van der Waals surface area contributed by atoms with Gasteiger partial charge in [0.05, 0.1) is 0 Å². The standard InChI is InChI=1S/C52H36N2/c1-5-13-41(14-6-1)47-48(42-15-7-2-8-16-42)50(44-19-11-4-12-20-44)52(46-27-23-38(24-28-46)40-31-35-54-36-32-40)51(49(47)43-17-9-3-10-18-43)45-25-21-37(22-26-45)39-29-33-53-34-30-39/h1-36H. The zero-order valence-electron chi connectivity index (χ0n) is 29.7. The smallest absolute Gasteiger partial charge is 0.0273 e. The average Bonchev–Trinajstić information content (AvgIpc) is 3.27. The van der Waals surface area contributed by atoms with Gasteiger partial charge in [0, 0.05) is 24.8 Å². The Labute approximate surface area is 316 Å². The Morgan fingerprint density at radius 2 is 0.352 bits per heavy atom. The summed E-state index contributed by atoms with van der Waals surface area (Å²) in [4.78, 5) is 8.52. The van der Waals surface area contributed by atoms with Gasteiger partial charge in [0.25, 0.3) is 0 Å². The lowest BCUT2D eigenvalue weighted by atomic mass is 9.74. The van der Waals surface area contributed by atoms with Crippen LogP contribution in [0, 0.1) is 0 Å². The van der Waals surface area contributed by atoms with Crippen molar-refractivity contribution in [1.29, 1.82) is 0 Å². The molecule has 0 unspecified atom stereocenters. The molecule has 0 atom stereocenters. The van der Waals surface area contributed by atoms with Crippen LogP contribution in [0.15, 0.2) is 219 Å². The van der Waals surface area contributed by atoms with Gasteiger partial charge in [0.15, 0.2) is 0 Å². The summed E-state index contributed by atoms with van der Waals surface area (Å²) in [6.07, 6.45) is 7.41. The van der Waals surface area contributed by atoms with E-state index in [1.165, 1.54) is 44.5 Å². The minimum Gasteiger partial charge on any atom is -0.265 e. The van der Waals surface area contributed by atoms with E-state index in [-0.39, 0.29) is 0 Å². The molecule has 254 valence electrons. The van der Waals surface area contributed by atoms with E-state index in [1.807, 2.05) is 24.8 Å². The highest BCUT2D eigenvalue weighted by atomic mass is 14.6. The molecule has 54 heavy (non-hydrogen) atoms. The lowest BCUT2D eigenvalue weighted by molar-refractivity contribution is 1.33. The van der Waals surface area contributed by atoms with E-state index in [0.717, 1.165) is 44.5 Å². The normalized spacial score (nSPS) is 11.0. The maximum atomic E-state index is 4.26. The van der Waals surface area contributed by atoms with Gasteiger partial charge in [-0.1, -0.05) is 170 Å². The molecule has 0 amide bonds. The number of nitrogens with zero attached hydrogens (tertiary/aromatic N) is 2. The van der Waals surface area contributed by atoms with Crippen molar-refractivity contribution >= 4 is 0 Å². The molecule has 0 saturated carbocycles. The molecule has 0 aliphatic rings. The van der Waals surface area contributed by atoms with Gasteiger partial charge in [-0.05, 0) is 113 Å². The fraction of sp³-hybridized carbons (Fsp3) is 0. The molecule has 0 N–H and O–H groups in total. The van der Waals surface area contributed by atoms with Crippen LogP contribution in [-0.4, -0.2) is 9.97 Å². The summed E-state index contributed by atoms with van der Waals surface area (Å²) in [5.41, 5.74) is 18.7. The molecule has 2 aromatic heterocycles. The van der Waals surface area contributed by atoms with Crippen LogP contribution in [0.25, 0.3) is 89.0 Å². The second-order valence-electron chi connectivity index (χ2n) is 13.3. The molecule has 7 aromatic carbocycles. The van der Waals surface area contributed by atoms with E-state index < -0.39 is 0 Å². The summed E-state index contributed by atoms with van der Waals surface area (Å²) in [5.74, 6) is 0. The van der Waals surface area contributed by atoms with E-state index in [0.29, 0.717) is 0 Å². The van der Waals surface area contributed by atoms with Crippen LogP contribution >= 0.6 is 0 Å². The van der Waals surface area contributed by atoms with Gasteiger partial charge in [-0.15, -0.1) is 0 Å². The second-order valence-corrected chi connectivity index (χ2v) is 13.3. The summed E-state index contributed by atoms with van der Waals surface area (Å²) < 4.78 is 0. The lowest BCUT2D eigenvalue weighted by Crippen LogP contribution is -2.02. The average molecular weight is 689 g/mol. The van der Waals surface area contributed by atoms with Crippen LogP contribution in [-0.2, 0) is 0 Å². The Bertz CT molecular complexity index is 2430. The third kappa shape index (κ3) is 6.31. The highest BCUT2D eigenvalue weighted by Gasteiger charge is 2.29. The number of hydrogen-bond donors (Lipinski definition) is 0. The van der Waals surface area contributed by atoms with Crippen molar-refractivity contribution in [3.8, 4) is 89.0 Å². The van der Waals surface area contributed by atoms with E-state index in [9.17, 15) is 0 Å². The molecule has 0 bridgehead atoms. The maximum Gasteiger partial charge on any atom is 0.0273 e. The van der Waals surface area contributed by atoms with E-state index in [1.54, 1.807) is 0 Å². The SMILES string of the molecule is c1ccc(-c2c(-c3ccccc3)c(-c3ccccc3)c(-c3ccc(-c4ccncc4)cc3)c(-c3ccc(-c4ccncc4)cc3)c2-c2ccccc2)cc1. The Morgan fingerprint density at radius 3 is 0.593 bits per heavy atom. The fourth-order valence-electron chi connectivity index (χ4n) is 7.65. The van der Waals surface area contributed by atoms with Gasteiger partial charge in [-0.3, -0.25) is 9.97 Å². The highest BCUT2D eigenvalue weighted by Crippen LogP contribution is 2.56. The number of hydrogen-bond acceptors (Lipinski definition) is 2. The molecule has 0 spiro atoms. The molecular weight excluding hydrogens is 653 g/mol. The topological polar surface area (TPSA) is 25.8 Å². The van der Waals surface area contributed by atoms with E-state index in [2.05, 4.69) is 204 Å². The Kier molecular flexibility index (Phi) is 8.99. The van der Waals surface area contributed by atoms with Crippen LogP contribution in [0.2, 0.25) is 0 Å². The van der Waals surface area contributed by atoms with Gasteiger partial charge >= 0.3 is 0 Å². The van der Waals surface area contributed by atoms with Crippen LogP contribution in [0.1, 0.15) is 0 Å². The third-order valence-electron chi connectivity index (χ3n) is 10.1. The van der Waals surface area contributed by atoms with Crippen molar-refractivity contribution in [2.75, 3.05) is 0 Å². The first kappa shape index (κ1) is 32.7. The van der Waals surface area contributed by atoms with Crippen molar-refractivity contribution in [3.05, 3.63) is 219 Å². The predicted molar refractivity (Wildman–Crippen MR) is 226 cm³/mol. The summed E-state index contributed by atoms with van der Waals surface area (Å²) >= 11 is 0. The van der Waals surface area contributed by atoms with Crippen molar-refractivity contribution in [1.82, 2.24) is 9.97 Å². The third-order valence-corrected chi connectivity index (χ3v) is 10.1. The van der Waals surface area contributed by atoms with Gasteiger partial charge in [0.1, 0.15) is 0 Å². The Hall–Kier alpha value is -7.16. The first-order valence-corrected chi connectivity index (χ1v) is 18.3. The van der Waals surface area contributed by atoms with Crippen LogP contribution in [0.3, 0.4) is 0 Å². The monoisotopic (exact) mass is 688 g/mol. The molecule has 0 aliphatic heterocycles. The van der Waals surface area contributed by atoms with Crippen molar-refractivity contribution in [2.24, 2.45) is 0 Å². The number of benzene rings is 7. The quantitative estimate of drug-likeness (QED) is 0.159. The van der Waals surface area contributed by atoms with Crippen molar-refractivity contribution in [2.45, 2.75) is 0 Å². The minimum absolute atomic E-state index is 1.14. The number of rotatable bonds is 8.